The van der Waals surface area contributed by atoms with Crippen molar-refractivity contribution in [3.05, 3.63) is 0 Å². The highest BCUT2D eigenvalue weighted by atomic mass is 35.6. The summed E-state index contributed by atoms with van der Waals surface area (Å²) in [5.74, 6) is -2.02. The predicted molar refractivity (Wildman–Crippen MR) is 73.3 cm³/mol. The van der Waals surface area contributed by atoms with E-state index in [4.69, 9.17) is 74.3 Å². The van der Waals surface area contributed by atoms with Crippen molar-refractivity contribution in [1.29, 1.82) is 0 Å². The van der Waals surface area contributed by atoms with E-state index in [-0.39, 0.29) is 26.4 Å². The Morgan fingerprint density at radius 3 is 1.26 bits per heavy atom. The number of rotatable bonds is 6. The van der Waals surface area contributed by atoms with E-state index in [1.54, 1.807) is 0 Å². The van der Waals surface area contributed by atoms with Gasteiger partial charge in [-0.2, -0.15) is 0 Å². The Hall–Kier alpha value is 0.640. The fourth-order valence-corrected chi connectivity index (χ4v) is 0.980. The van der Waals surface area contributed by atoms with E-state index >= 15 is 0 Å². The zero-order chi connectivity index (χ0) is 15.1. The summed E-state index contributed by atoms with van der Waals surface area (Å²) in [6, 6.07) is 0. The second kappa shape index (κ2) is 8.82. The van der Waals surface area contributed by atoms with Crippen LogP contribution in [0.25, 0.3) is 0 Å². The molecule has 0 heterocycles. The van der Waals surface area contributed by atoms with Gasteiger partial charge in [-0.1, -0.05) is 69.6 Å². The van der Waals surface area contributed by atoms with Gasteiger partial charge in [-0.3, -0.25) is 0 Å². The van der Waals surface area contributed by atoms with E-state index in [1.807, 2.05) is 0 Å². The molecule has 0 aliphatic carbocycles. The van der Waals surface area contributed by atoms with Gasteiger partial charge < -0.3 is 14.2 Å². The number of esters is 2. The molecule has 5 nitrogen and oxygen atoms in total. The van der Waals surface area contributed by atoms with E-state index in [1.165, 1.54) is 0 Å². The summed E-state index contributed by atoms with van der Waals surface area (Å²) in [7, 11) is 0. The van der Waals surface area contributed by atoms with Gasteiger partial charge in [-0.25, -0.2) is 9.59 Å². The van der Waals surface area contributed by atoms with Crippen LogP contribution in [-0.4, -0.2) is 46.0 Å². The molecule has 19 heavy (non-hydrogen) atoms. The second-order valence-corrected chi connectivity index (χ2v) is 7.44. The Kier molecular flexibility index (Phi) is 9.12. The number of alkyl halides is 6. The standard InChI is InChI=1S/C8H8Cl6O5/c9-7(10,11)5(15)18-3-1-17-2-4-19-6(16)8(12,13)14/h1-4H2. The molecule has 0 aromatic rings. The third kappa shape index (κ3) is 10.1. The summed E-state index contributed by atoms with van der Waals surface area (Å²) in [5, 5.41) is 0. The molecule has 0 saturated heterocycles. The Labute approximate surface area is 139 Å². The third-order valence-corrected chi connectivity index (χ3v) is 2.31. The summed E-state index contributed by atoms with van der Waals surface area (Å²) in [4.78, 5) is 21.9. The van der Waals surface area contributed by atoms with E-state index in [0.29, 0.717) is 0 Å². The normalized spacial score (nSPS) is 12.1. The Morgan fingerprint density at radius 2 is 1.00 bits per heavy atom. The van der Waals surface area contributed by atoms with Crippen molar-refractivity contribution in [3.8, 4) is 0 Å². The maximum absolute atomic E-state index is 11.0. The largest absolute Gasteiger partial charge is 0.460 e. The van der Waals surface area contributed by atoms with E-state index in [2.05, 4.69) is 9.47 Å². The van der Waals surface area contributed by atoms with Crippen LogP contribution in [0.4, 0.5) is 0 Å². The number of hydrogen-bond donors (Lipinski definition) is 0. The molecule has 0 atom stereocenters. The smallest absolute Gasteiger partial charge is 0.358 e. The monoisotopic (exact) mass is 394 g/mol. The molecule has 0 spiro atoms. The van der Waals surface area contributed by atoms with Gasteiger partial charge in [0, 0.05) is 0 Å². The molecule has 0 fully saturated rings. The molecule has 11 heteroatoms. The first-order chi connectivity index (χ1) is 8.55. The van der Waals surface area contributed by atoms with E-state index in [0.717, 1.165) is 0 Å². The maximum Gasteiger partial charge on any atom is 0.358 e. The fourth-order valence-electron chi connectivity index (χ4n) is 0.652. The van der Waals surface area contributed by atoms with Crippen LogP contribution in [0.15, 0.2) is 0 Å². The minimum atomic E-state index is -2.13. The highest BCUT2D eigenvalue weighted by molar-refractivity contribution is 6.76. The Bertz CT molecular complexity index is 280. The summed E-state index contributed by atoms with van der Waals surface area (Å²) in [5.41, 5.74) is 0. The van der Waals surface area contributed by atoms with Crippen molar-refractivity contribution >= 4 is 81.5 Å². The number of ether oxygens (including phenoxy) is 3. The molecule has 0 aliphatic heterocycles. The summed E-state index contributed by atoms with van der Waals surface area (Å²) in [6.07, 6.45) is 0. The molecule has 0 aliphatic rings. The van der Waals surface area contributed by atoms with Crippen LogP contribution in [0.5, 0.6) is 0 Å². The molecule has 0 aromatic heterocycles. The van der Waals surface area contributed by atoms with Crippen molar-refractivity contribution in [3.63, 3.8) is 0 Å². The minimum absolute atomic E-state index is 0.0256. The van der Waals surface area contributed by atoms with Crippen molar-refractivity contribution in [2.24, 2.45) is 0 Å². The van der Waals surface area contributed by atoms with Gasteiger partial charge >= 0.3 is 11.9 Å². The Morgan fingerprint density at radius 1 is 0.684 bits per heavy atom. The summed E-state index contributed by atoms with van der Waals surface area (Å²) >= 11 is 31.5. The average Bonchev–Trinajstić information content (AvgIpc) is 2.24. The highest BCUT2D eigenvalue weighted by Gasteiger charge is 2.33. The van der Waals surface area contributed by atoms with Crippen LogP contribution in [0, 0.1) is 0 Å². The van der Waals surface area contributed by atoms with E-state index < -0.39 is 19.5 Å². The summed E-state index contributed by atoms with van der Waals surface area (Å²) < 4.78 is 9.81. The van der Waals surface area contributed by atoms with Gasteiger partial charge in [0.15, 0.2) is 0 Å². The zero-order valence-electron chi connectivity index (χ0n) is 9.14. The first kappa shape index (κ1) is 19.6. The predicted octanol–water partition coefficient (Wildman–Crippen LogP) is 2.83. The van der Waals surface area contributed by atoms with Crippen molar-refractivity contribution in [1.82, 2.24) is 0 Å². The first-order valence-electron chi connectivity index (χ1n) is 4.61. The van der Waals surface area contributed by atoms with Crippen LogP contribution in [0.3, 0.4) is 0 Å². The van der Waals surface area contributed by atoms with E-state index in [9.17, 15) is 9.59 Å². The number of halogens is 6. The number of carbonyl (C=O) groups excluding carboxylic acids is 2. The average molecular weight is 397 g/mol. The van der Waals surface area contributed by atoms with Gasteiger partial charge in [0.2, 0.25) is 0 Å². The molecule has 0 N–H and O–H groups in total. The zero-order valence-corrected chi connectivity index (χ0v) is 13.7. The fraction of sp³-hybridized carbons (Fsp3) is 0.750. The van der Waals surface area contributed by atoms with Gasteiger partial charge in [0.05, 0.1) is 13.2 Å². The second-order valence-electron chi connectivity index (χ2n) is 2.88. The molecule has 112 valence electrons. The van der Waals surface area contributed by atoms with Crippen LogP contribution in [0.2, 0.25) is 0 Å². The molecular weight excluding hydrogens is 389 g/mol. The molecule has 0 rings (SSSR count). The van der Waals surface area contributed by atoms with Crippen LogP contribution >= 0.6 is 69.6 Å². The molecule has 0 bridgehead atoms. The molecule has 0 amide bonds. The SMILES string of the molecule is O=C(OCCOCCOC(=O)C(Cl)(Cl)Cl)C(Cl)(Cl)Cl. The van der Waals surface area contributed by atoms with Crippen molar-refractivity contribution in [2.75, 3.05) is 26.4 Å². The summed E-state index contributed by atoms with van der Waals surface area (Å²) in [6.45, 7) is -0.189. The lowest BCUT2D eigenvalue weighted by Crippen LogP contribution is -2.25. The van der Waals surface area contributed by atoms with Gasteiger partial charge in [-0.05, 0) is 0 Å². The van der Waals surface area contributed by atoms with Gasteiger partial charge in [-0.15, -0.1) is 0 Å². The number of hydrogen-bond acceptors (Lipinski definition) is 5. The third-order valence-electron chi connectivity index (χ3n) is 1.38. The van der Waals surface area contributed by atoms with Gasteiger partial charge in [0.1, 0.15) is 13.2 Å². The minimum Gasteiger partial charge on any atom is -0.460 e. The molecular formula is C8H8Cl6O5. The molecule has 0 radical (unpaired) electrons. The molecule has 0 unspecified atom stereocenters. The molecule has 0 aromatic carbocycles. The number of carbonyl (C=O) groups is 2. The first-order valence-corrected chi connectivity index (χ1v) is 6.87. The van der Waals surface area contributed by atoms with Crippen LogP contribution in [-0.2, 0) is 23.8 Å². The van der Waals surface area contributed by atoms with Crippen molar-refractivity contribution in [2.45, 2.75) is 7.59 Å². The lowest BCUT2D eigenvalue weighted by molar-refractivity contribution is -0.145. The lowest BCUT2D eigenvalue weighted by atomic mass is 10.7. The highest BCUT2D eigenvalue weighted by Crippen LogP contribution is 2.27. The van der Waals surface area contributed by atoms with Crippen molar-refractivity contribution < 1.29 is 23.8 Å². The lowest BCUT2D eigenvalue weighted by Gasteiger charge is -2.12. The Balaban J connectivity index is 3.53. The maximum atomic E-state index is 11.0. The molecule has 0 saturated carbocycles. The topological polar surface area (TPSA) is 61.8 Å². The van der Waals surface area contributed by atoms with Crippen LogP contribution < -0.4 is 0 Å². The van der Waals surface area contributed by atoms with Crippen LogP contribution in [0.1, 0.15) is 0 Å². The van der Waals surface area contributed by atoms with Gasteiger partial charge in [0.25, 0.3) is 7.59 Å². The quantitative estimate of drug-likeness (QED) is 0.392.